The Morgan fingerprint density at radius 1 is 1.04 bits per heavy atom. The zero-order valence-electron chi connectivity index (χ0n) is 15.0. The zero-order chi connectivity index (χ0) is 18.9. The number of hydrogen-bond donors (Lipinski definition) is 2. The number of ether oxygens (including phenoxy) is 3. The van der Waals surface area contributed by atoms with Crippen LogP contribution in [-0.2, 0) is 9.53 Å². The Morgan fingerprint density at radius 2 is 1.73 bits per heavy atom. The first-order valence-electron chi connectivity index (χ1n) is 8.53. The molecule has 0 radical (unpaired) electrons. The average Bonchev–Trinajstić information content (AvgIpc) is 2.66. The predicted octanol–water partition coefficient (Wildman–Crippen LogP) is 2.02. The smallest absolute Gasteiger partial charge is 0.338 e. The number of methoxy groups -OCH3 is 2. The number of amides is 3. The lowest BCUT2D eigenvalue weighted by Gasteiger charge is -2.22. The van der Waals surface area contributed by atoms with Gasteiger partial charge in [-0.2, -0.15) is 0 Å². The van der Waals surface area contributed by atoms with E-state index in [4.69, 9.17) is 14.2 Å². The minimum absolute atomic E-state index is 0.0888. The quantitative estimate of drug-likeness (QED) is 0.749. The van der Waals surface area contributed by atoms with Crippen molar-refractivity contribution in [2.45, 2.75) is 38.1 Å². The Labute approximate surface area is 152 Å². The lowest BCUT2D eigenvalue weighted by Crippen LogP contribution is -2.46. The Hall–Kier alpha value is -2.77. The minimum Gasteiger partial charge on any atom is -0.493 e. The van der Waals surface area contributed by atoms with Gasteiger partial charge < -0.3 is 19.5 Å². The second kappa shape index (κ2) is 9.65. The van der Waals surface area contributed by atoms with Gasteiger partial charge in [0.1, 0.15) is 0 Å². The van der Waals surface area contributed by atoms with Gasteiger partial charge in [0.2, 0.25) is 0 Å². The molecule has 1 aromatic rings. The van der Waals surface area contributed by atoms with Crippen LogP contribution in [0.5, 0.6) is 11.5 Å². The van der Waals surface area contributed by atoms with E-state index in [1.54, 1.807) is 6.07 Å². The molecule has 1 aromatic carbocycles. The molecule has 142 valence electrons. The summed E-state index contributed by atoms with van der Waals surface area (Å²) in [7, 11) is 2.93. The highest BCUT2D eigenvalue weighted by molar-refractivity contribution is 5.97. The van der Waals surface area contributed by atoms with Gasteiger partial charge in [0.25, 0.3) is 5.91 Å². The van der Waals surface area contributed by atoms with Crippen LogP contribution in [0.4, 0.5) is 4.79 Å². The highest BCUT2D eigenvalue weighted by Crippen LogP contribution is 2.27. The molecule has 3 amide bonds. The van der Waals surface area contributed by atoms with Crippen molar-refractivity contribution in [1.82, 2.24) is 10.6 Å². The number of rotatable bonds is 6. The number of carbonyl (C=O) groups is 3. The number of urea groups is 1. The summed E-state index contributed by atoms with van der Waals surface area (Å²) in [4.78, 5) is 35.6. The van der Waals surface area contributed by atoms with Crippen LogP contribution >= 0.6 is 0 Å². The van der Waals surface area contributed by atoms with Crippen LogP contribution < -0.4 is 20.1 Å². The van der Waals surface area contributed by atoms with Crippen molar-refractivity contribution in [2.24, 2.45) is 0 Å². The second-order valence-electron chi connectivity index (χ2n) is 6.00. The van der Waals surface area contributed by atoms with E-state index in [2.05, 4.69) is 10.6 Å². The van der Waals surface area contributed by atoms with Crippen molar-refractivity contribution in [1.29, 1.82) is 0 Å². The van der Waals surface area contributed by atoms with Crippen LogP contribution in [0.15, 0.2) is 18.2 Å². The van der Waals surface area contributed by atoms with Gasteiger partial charge in [0, 0.05) is 6.04 Å². The van der Waals surface area contributed by atoms with Gasteiger partial charge in [-0.1, -0.05) is 19.3 Å². The molecular formula is C18H24N2O6. The molecule has 2 rings (SSSR count). The molecule has 2 N–H and O–H groups in total. The number of nitrogens with one attached hydrogen (secondary N) is 2. The van der Waals surface area contributed by atoms with Gasteiger partial charge >= 0.3 is 12.0 Å². The summed E-state index contributed by atoms with van der Waals surface area (Å²) in [6, 6.07) is 4.04. The van der Waals surface area contributed by atoms with E-state index >= 15 is 0 Å². The Bertz CT molecular complexity index is 655. The number of carbonyl (C=O) groups excluding carboxylic acids is 3. The van der Waals surface area contributed by atoms with E-state index < -0.39 is 24.5 Å². The molecule has 0 aromatic heterocycles. The third-order valence-electron chi connectivity index (χ3n) is 4.15. The SMILES string of the molecule is COc1ccc(C(=O)OCC(=O)NC(=O)NC2CCCCC2)cc1OC. The van der Waals surface area contributed by atoms with E-state index in [9.17, 15) is 14.4 Å². The molecule has 26 heavy (non-hydrogen) atoms. The number of imide groups is 1. The van der Waals surface area contributed by atoms with Gasteiger partial charge in [0.05, 0.1) is 19.8 Å². The van der Waals surface area contributed by atoms with Crippen LogP contribution in [0.1, 0.15) is 42.5 Å². The van der Waals surface area contributed by atoms with E-state index in [1.807, 2.05) is 0 Å². The summed E-state index contributed by atoms with van der Waals surface area (Å²) in [5, 5.41) is 4.92. The molecule has 1 saturated carbocycles. The number of esters is 1. The van der Waals surface area contributed by atoms with Crippen LogP contribution in [0, 0.1) is 0 Å². The summed E-state index contributed by atoms with van der Waals surface area (Å²) in [5.41, 5.74) is 0.210. The van der Waals surface area contributed by atoms with Gasteiger partial charge in [-0.25, -0.2) is 9.59 Å². The third kappa shape index (κ3) is 5.65. The topological polar surface area (TPSA) is 103 Å². The number of benzene rings is 1. The molecule has 1 aliphatic rings. The Kier molecular flexibility index (Phi) is 7.25. The summed E-state index contributed by atoms with van der Waals surface area (Å²) in [5.74, 6) is -0.541. The Balaban J connectivity index is 1.79. The fraction of sp³-hybridized carbons (Fsp3) is 0.500. The first-order valence-corrected chi connectivity index (χ1v) is 8.53. The van der Waals surface area contributed by atoms with Crippen LogP contribution in [0.25, 0.3) is 0 Å². The second-order valence-corrected chi connectivity index (χ2v) is 6.00. The van der Waals surface area contributed by atoms with Gasteiger partial charge in [-0.15, -0.1) is 0 Å². The molecule has 0 aliphatic heterocycles. The van der Waals surface area contributed by atoms with E-state index in [0.29, 0.717) is 11.5 Å². The molecule has 0 saturated heterocycles. The van der Waals surface area contributed by atoms with Gasteiger partial charge in [-0.3, -0.25) is 10.1 Å². The predicted molar refractivity (Wildman–Crippen MR) is 93.4 cm³/mol. The van der Waals surface area contributed by atoms with Crippen molar-refractivity contribution >= 4 is 17.9 Å². The van der Waals surface area contributed by atoms with Gasteiger partial charge in [0.15, 0.2) is 18.1 Å². The van der Waals surface area contributed by atoms with E-state index in [0.717, 1.165) is 25.7 Å². The van der Waals surface area contributed by atoms with Crippen molar-refractivity contribution < 1.29 is 28.6 Å². The lowest BCUT2D eigenvalue weighted by atomic mass is 9.96. The lowest BCUT2D eigenvalue weighted by molar-refractivity contribution is -0.123. The molecular weight excluding hydrogens is 340 g/mol. The fourth-order valence-corrected chi connectivity index (χ4v) is 2.81. The highest BCUT2D eigenvalue weighted by Gasteiger charge is 2.18. The molecule has 8 heteroatoms. The fourth-order valence-electron chi connectivity index (χ4n) is 2.81. The van der Waals surface area contributed by atoms with Crippen molar-refractivity contribution in [3.8, 4) is 11.5 Å². The maximum atomic E-state index is 12.0. The van der Waals surface area contributed by atoms with E-state index in [1.165, 1.54) is 32.8 Å². The zero-order valence-corrected chi connectivity index (χ0v) is 15.0. The van der Waals surface area contributed by atoms with Crippen LogP contribution in [-0.4, -0.2) is 44.8 Å². The minimum atomic E-state index is -0.700. The molecule has 8 nitrogen and oxygen atoms in total. The normalized spacial score (nSPS) is 14.2. The highest BCUT2D eigenvalue weighted by atomic mass is 16.5. The summed E-state index contributed by atoms with van der Waals surface area (Å²) >= 11 is 0. The van der Waals surface area contributed by atoms with Crippen molar-refractivity contribution in [3.63, 3.8) is 0 Å². The molecule has 0 heterocycles. The maximum absolute atomic E-state index is 12.0. The summed E-state index contributed by atoms with van der Waals surface area (Å²) in [6.45, 7) is -0.550. The maximum Gasteiger partial charge on any atom is 0.338 e. The standard InChI is InChI=1S/C18H24N2O6/c1-24-14-9-8-12(10-15(14)25-2)17(22)26-11-16(21)20-18(23)19-13-6-4-3-5-7-13/h8-10,13H,3-7,11H2,1-2H3,(H2,19,20,21,23). The number of hydrogen-bond acceptors (Lipinski definition) is 6. The summed E-state index contributed by atoms with van der Waals surface area (Å²) < 4.78 is 15.1. The third-order valence-corrected chi connectivity index (χ3v) is 4.15. The molecule has 0 spiro atoms. The Morgan fingerprint density at radius 3 is 2.38 bits per heavy atom. The average molecular weight is 364 g/mol. The largest absolute Gasteiger partial charge is 0.493 e. The molecule has 1 aliphatic carbocycles. The van der Waals surface area contributed by atoms with Crippen LogP contribution in [0.2, 0.25) is 0 Å². The first kappa shape index (κ1) is 19.6. The molecule has 0 atom stereocenters. The first-order chi connectivity index (χ1) is 12.5. The monoisotopic (exact) mass is 364 g/mol. The molecule has 0 bridgehead atoms. The molecule has 0 unspecified atom stereocenters. The van der Waals surface area contributed by atoms with Gasteiger partial charge in [-0.05, 0) is 31.0 Å². The van der Waals surface area contributed by atoms with Crippen LogP contribution in [0.3, 0.4) is 0 Å². The van der Waals surface area contributed by atoms with Crippen molar-refractivity contribution in [3.05, 3.63) is 23.8 Å². The van der Waals surface area contributed by atoms with Crippen molar-refractivity contribution in [2.75, 3.05) is 20.8 Å². The summed E-state index contributed by atoms with van der Waals surface area (Å²) in [6.07, 6.45) is 5.14. The molecule has 1 fully saturated rings. The van der Waals surface area contributed by atoms with E-state index in [-0.39, 0.29) is 11.6 Å².